The third kappa shape index (κ3) is 3.66. The Kier molecular flexibility index (Phi) is 5.03. The number of hydrogen-bond donors (Lipinski definition) is 0. The molecule has 0 N–H and O–H groups in total. The van der Waals surface area contributed by atoms with Crippen molar-refractivity contribution in [2.45, 2.75) is 27.4 Å². The monoisotopic (exact) mass is 428 g/mol. The second-order valence-corrected chi connectivity index (χ2v) is 7.29. The normalized spacial score (nSPS) is 11.1. The molecule has 1 aromatic carbocycles. The van der Waals surface area contributed by atoms with Gasteiger partial charge in [-0.05, 0) is 45.0 Å². The first-order chi connectivity index (χ1) is 15.6. The highest BCUT2D eigenvalue weighted by atomic mass is 16.5. The highest BCUT2D eigenvalue weighted by Crippen LogP contribution is 2.36. The van der Waals surface area contributed by atoms with Crippen molar-refractivity contribution < 1.29 is 18.4 Å². The van der Waals surface area contributed by atoms with Crippen LogP contribution in [0.25, 0.3) is 22.2 Å². The van der Waals surface area contributed by atoms with Gasteiger partial charge in [0.15, 0.2) is 0 Å². The van der Waals surface area contributed by atoms with Gasteiger partial charge in [-0.1, -0.05) is 5.16 Å². The van der Waals surface area contributed by atoms with Crippen LogP contribution in [0.1, 0.15) is 22.7 Å². The predicted molar refractivity (Wildman–Crippen MR) is 117 cm³/mol. The summed E-state index contributed by atoms with van der Waals surface area (Å²) in [5.74, 6) is 2.36. The van der Waals surface area contributed by atoms with E-state index in [9.17, 15) is 0 Å². The maximum absolute atomic E-state index is 6.22. The highest BCUT2D eigenvalue weighted by Gasteiger charge is 2.16. The topological polar surface area (TPSA) is 96.3 Å². The fraction of sp³-hybridized carbons (Fsp3) is 0.167. The molecule has 4 heterocycles. The first-order valence-electron chi connectivity index (χ1n) is 10.1. The molecule has 0 saturated carbocycles. The van der Waals surface area contributed by atoms with Gasteiger partial charge in [-0.2, -0.15) is 0 Å². The summed E-state index contributed by atoms with van der Waals surface area (Å²) in [6, 6.07) is 9.20. The van der Waals surface area contributed by atoms with Crippen LogP contribution < -0.4 is 9.47 Å². The van der Waals surface area contributed by atoms with E-state index in [1.165, 1.54) is 0 Å². The van der Waals surface area contributed by atoms with Crippen molar-refractivity contribution in [3.63, 3.8) is 0 Å². The van der Waals surface area contributed by atoms with Crippen molar-refractivity contribution in [2.24, 2.45) is 0 Å². The molecule has 0 fully saturated rings. The Hall–Kier alpha value is -4.20. The first-order valence-corrected chi connectivity index (χ1v) is 10.1. The summed E-state index contributed by atoms with van der Waals surface area (Å²) in [6.07, 6.45) is 6.58. The van der Waals surface area contributed by atoms with Gasteiger partial charge in [0, 0.05) is 30.2 Å². The van der Waals surface area contributed by atoms with Gasteiger partial charge in [0.05, 0.1) is 34.3 Å². The molecular weight excluding hydrogens is 408 g/mol. The zero-order valence-electron chi connectivity index (χ0n) is 17.8. The number of nitrogens with zero attached hydrogens (tertiary/aromatic N) is 4. The van der Waals surface area contributed by atoms with E-state index in [0.717, 1.165) is 39.4 Å². The second-order valence-electron chi connectivity index (χ2n) is 7.29. The molecular formula is C24H20N4O4. The van der Waals surface area contributed by atoms with E-state index in [0.29, 0.717) is 29.6 Å². The zero-order valence-corrected chi connectivity index (χ0v) is 17.8. The summed E-state index contributed by atoms with van der Waals surface area (Å²) in [6.45, 7) is 5.96. The van der Waals surface area contributed by atoms with E-state index < -0.39 is 0 Å². The molecule has 0 aliphatic heterocycles. The third-order valence-corrected chi connectivity index (χ3v) is 5.20. The summed E-state index contributed by atoms with van der Waals surface area (Å²) in [7, 11) is 0. The Morgan fingerprint density at radius 3 is 2.59 bits per heavy atom. The predicted octanol–water partition coefficient (Wildman–Crippen LogP) is 5.57. The molecule has 0 atom stereocenters. The Labute approximate surface area is 183 Å². The van der Waals surface area contributed by atoms with E-state index in [1.807, 2.05) is 45.0 Å². The molecule has 0 unspecified atom stereocenters. The van der Waals surface area contributed by atoms with E-state index in [4.69, 9.17) is 18.4 Å². The molecule has 5 aromatic rings. The molecule has 8 nitrogen and oxygen atoms in total. The van der Waals surface area contributed by atoms with Gasteiger partial charge in [0.1, 0.15) is 29.4 Å². The molecule has 4 aromatic heterocycles. The number of furan rings is 1. The molecule has 160 valence electrons. The minimum Gasteiger partial charge on any atom is -0.488 e. The molecule has 0 radical (unpaired) electrons. The Bertz CT molecular complexity index is 1390. The molecule has 0 saturated heterocycles. The van der Waals surface area contributed by atoms with Crippen LogP contribution in [0.4, 0.5) is 0 Å². The molecule has 32 heavy (non-hydrogen) atoms. The average Bonchev–Trinajstić information content (AvgIpc) is 3.40. The molecule has 0 spiro atoms. The largest absolute Gasteiger partial charge is 0.488 e. The number of fused-ring (bicyclic) bond motifs is 1. The summed E-state index contributed by atoms with van der Waals surface area (Å²) in [5.41, 5.74) is 4.75. The number of benzene rings is 1. The van der Waals surface area contributed by atoms with Crippen molar-refractivity contribution in [2.75, 3.05) is 0 Å². The summed E-state index contributed by atoms with van der Waals surface area (Å²) >= 11 is 0. The quantitative estimate of drug-likeness (QED) is 0.346. The van der Waals surface area contributed by atoms with Gasteiger partial charge in [-0.15, -0.1) is 0 Å². The standard InChI is InChI=1S/C24H20N4O4/c1-14-20(16(3)32-28-14)13-30-22-12-17(4-5-18(22)23-15(2)25-9-10-26-23)31-24-19-7-11-29-21(19)6-8-27-24/h4-12H,13H2,1-3H3. The zero-order chi connectivity index (χ0) is 22.1. The lowest BCUT2D eigenvalue weighted by Crippen LogP contribution is -2.01. The number of aryl methyl sites for hydroxylation is 3. The minimum atomic E-state index is 0.298. The minimum absolute atomic E-state index is 0.298. The number of rotatable bonds is 6. The van der Waals surface area contributed by atoms with E-state index in [1.54, 1.807) is 30.9 Å². The molecule has 0 amide bonds. The fourth-order valence-corrected chi connectivity index (χ4v) is 3.47. The van der Waals surface area contributed by atoms with Gasteiger partial charge in [-0.25, -0.2) is 4.98 Å². The van der Waals surface area contributed by atoms with Gasteiger partial charge >= 0.3 is 0 Å². The van der Waals surface area contributed by atoms with Crippen molar-refractivity contribution in [3.8, 4) is 28.6 Å². The molecule has 0 bridgehead atoms. The summed E-state index contributed by atoms with van der Waals surface area (Å²) in [4.78, 5) is 13.2. The van der Waals surface area contributed by atoms with E-state index in [-0.39, 0.29) is 0 Å². The number of hydrogen-bond acceptors (Lipinski definition) is 8. The maximum atomic E-state index is 6.22. The number of pyridine rings is 1. The van der Waals surface area contributed by atoms with Crippen molar-refractivity contribution in [1.82, 2.24) is 20.1 Å². The van der Waals surface area contributed by atoms with Crippen molar-refractivity contribution >= 4 is 11.0 Å². The van der Waals surface area contributed by atoms with Crippen LogP contribution in [0.15, 0.2) is 64.1 Å². The van der Waals surface area contributed by atoms with Crippen LogP contribution in [-0.2, 0) is 6.61 Å². The lowest BCUT2D eigenvalue weighted by atomic mass is 10.1. The van der Waals surface area contributed by atoms with Crippen LogP contribution in [0.2, 0.25) is 0 Å². The maximum Gasteiger partial charge on any atom is 0.230 e. The van der Waals surface area contributed by atoms with E-state index in [2.05, 4.69) is 20.1 Å². The molecule has 5 rings (SSSR count). The Morgan fingerprint density at radius 2 is 1.78 bits per heavy atom. The summed E-state index contributed by atoms with van der Waals surface area (Å²) < 4.78 is 23.0. The lowest BCUT2D eigenvalue weighted by molar-refractivity contribution is 0.301. The Balaban J connectivity index is 1.53. The molecule has 0 aliphatic carbocycles. The van der Waals surface area contributed by atoms with Crippen molar-refractivity contribution in [3.05, 3.63) is 77.9 Å². The van der Waals surface area contributed by atoms with Gasteiger partial charge < -0.3 is 18.4 Å². The van der Waals surface area contributed by atoms with Crippen LogP contribution in [0.5, 0.6) is 17.4 Å². The Morgan fingerprint density at radius 1 is 0.906 bits per heavy atom. The molecule has 8 heteroatoms. The van der Waals surface area contributed by atoms with Crippen molar-refractivity contribution in [1.29, 1.82) is 0 Å². The summed E-state index contributed by atoms with van der Waals surface area (Å²) in [5, 5.41) is 4.79. The van der Waals surface area contributed by atoms with E-state index >= 15 is 0 Å². The van der Waals surface area contributed by atoms with Gasteiger partial charge in [0.25, 0.3) is 0 Å². The second kappa shape index (κ2) is 8.14. The van der Waals surface area contributed by atoms with Crippen LogP contribution in [0.3, 0.4) is 0 Å². The smallest absolute Gasteiger partial charge is 0.230 e. The van der Waals surface area contributed by atoms with Gasteiger partial charge in [-0.3, -0.25) is 9.97 Å². The first kappa shape index (κ1) is 19.7. The number of ether oxygens (including phenoxy) is 2. The fourth-order valence-electron chi connectivity index (χ4n) is 3.47. The molecule has 0 aliphatic rings. The average molecular weight is 428 g/mol. The number of aromatic nitrogens is 4. The third-order valence-electron chi connectivity index (χ3n) is 5.20. The van der Waals surface area contributed by atoms with Gasteiger partial charge in [0.2, 0.25) is 5.88 Å². The van der Waals surface area contributed by atoms with Crippen LogP contribution >= 0.6 is 0 Å². The SMILES string of the molecule is Cc1nccnc1-c1ccc(Oc2nccc3occc23)cc1OCc1c(C)noc1C. The highest BCUT2D eigenvalue weighted by molar-refractivity contribution is 5.82. The van der Waals surface area contributed by atoms with Crippen LogP contribution in [-0.4, -0.2) is 20.1 Å². The lowest BCUT2D eigenvalue weighted by Gasteiger charge is -2.14. The van der Waals surface area contributed by atoms with Crippen LogP contribution in [0, 0.1) is 20.8 Å².